The second-order valence-corrected chi connectivity index (χ2v) is 6.12. The smallest absolute Gasteiger partial charge is 0.497 e. The first kappa shape index (κ1) is 18.7. The summed E-state index contributed by atoms with van der Waals surface area (Å²) in [5, 5.41) is 6.49. The molecule has 0 unspecified atom stereocenters. The third-order valence-electron chi connectivity index (χ3n) is 4.07. The van der Waals surface area contributed by atoms with Gasteiger partial charge in [-0.25, -0.2) is 0 Å². The molecule has 0 saturated carbocycles. The van der Waals surface area contributed by atoms with Crippen molar-refractivity contribution >= 4 is 11.6 Å². The highest BCUT2D eigenvalue weighted by Gasteiger charge is 2.43. The van der Waals surface area contributed by atoms with E-state index in [4.69, 9.17) is 9.26 Å². The van der Waals surface area contributed by atoms with Crippen molar-refractivity contribution in [2.45, 2.75) is 19.1 Å². The highest BCUT2D eigenvalue weighted by Crippen LogP contribution is 2.42. The summed E-state index contributed by atoms with van der Waals surface area (Å²) < 4.78 is 45.0. The Labute approximate surface area is 163 Å². The largest absolute Gasteiger partial charge is 0.586 e. The lowest BCUT2D eigenvalue weighted by molar-refractivity contribution is -0.286. The maximum atomic E-state index is 13.0. The first-order valence-electron chi connectivity index (χ1n) is 8.58. The Kier molecular flexibility index (Phi) is 4.75. The number of nitrogens with one attached hydrogen (secondary N) is 1. The number of nitrogens with zero attached hydrogens (tertiary/aromatic N) is 2. The van der Waals surface area contributed by atoms with Gasteiger partial charge in [0, 0.05) is 30.2 Å². The number of hydrogen-bond donors (Lipinski definition) is 1. The van der Waals surface area contributed by atoms with E-state index in [0.29, 0.717) is 23.2 Å². The fourth-order valence-electron chi connectivity index (χ4n) is 2.68. The van der Waals surface area contributed by atoms with E-state index < -0.39 is 6.29 Å². The van der Waals surface area contributed by atoms with E-state index in [9.17, 15) is 13.6 Å². The number of rotatable bonds is 6. The molecule has 1 amide bonds. The molecule has 1 aromatic heterocycles. The number of hydrogen-bond acceptors (Lipinski definition) is 7. The topological polar surface area (TPSA) is 95.7 Å². The van der Waals surface area contributed by atoms with Gasteiger partial charge in [-0.3, -0.25) is 4.79 Å². The summed E-state index contributed by atoms with van der Waals surface area (Å²) >= 11 is 0. The molecule has 0 spiro atoms. The van der Waals surface area contributed by atoms with E-state index in [0.717, 1.165) is 5.56 Å². The molecule has 3 aromatic rings. The third kappa shape index (κ3) is 4.26. The Balaban J connectivity index is 1.33. The van der Waals surface area contributed by atoms with E-state index in [1.807, 2.05) is 0 Å². The van der Waals surface area contributed by atoms with Crippen LogP contribution in [0.4, 0.5) is 14.5 Å². The van der Waals surface area contributed by atoms with Gasteiger partial charge >= 0.3 is 6.29 Å². The first-order chi connectivity index (χ1) is 13.9. The van der Waals surface area contributed by atoms with E-state index in [-0.39, 0.29) is 30.2 Å². The van der Waals surface area contributed by atoms with Crippen molar-refractivity contribution in [1.29, 1.82) is 0 Å². The van der Waals surface area contributed by atoms with Crippen LogP contribution in [0.2, 0.25) is 0 Å². The maximum absolute atomic E-state index is 13.0. The highest BCUT2D eigenvalue weighted by molar-refractivity contribution is 5.91. The molecular weight excluding hydrogens is 388 g/mol. The summed E-state index contributed by atoms with van der Waals surface area (Å²) in [6.07, 6.45) is -3.42. The molecule has 0 atom stereocenters. The average Bonchev–Trinajstić information content (AvgIpc) is 3.29. The van der Waals surface area contributed by atoms with Crippen LogP contribution in [0.1, 0.15) is 12.3 Å². The number of amides is 1. The monoisotopic (exact) mass is 403 g/mol. The minimum absolute atomic E-state index is 0.0643. The van der Waals surface area contributed by atoms with Crippen LogP contribution in [-0.2, 0) is 11.2 Å². The molecule has 1 aliphatic heterocycles. The van der Waals surface area contributed by atoms with Gasteiger partial charge in [-0.2, -0.15) is 4.98 Å². The number of methoxy groups -OCH3 is 1. The highest BCUT2D eigenvalue weighted by atomic mass is 19.3. The Morgan fingerprint density at radius 3 is 2.66 bits per heavy atom. The normalized spacial score (nSPS) is 13.9. The Bertz CT molecular complexity index is 1040. The van der Waals surface area contributed by atoms with Crippen LogP contribution < -0.4 is 19.5 Å². The van der Waals surface area contributed by atoms with E-state index in [1.165, 1.54) is 18.2 Å². The van der Waals surface area contributed by atoms with Crippen LogP contribution >= 0.6 is 0 Å². The molecule has 2 aromatic carbocycles. The van der Waals surface area contributed by atoms with Gasteiger partial charge in [-0.05, 0) is 36.4 Å². The SMILES string of the molecule is COc1ccc(-c2noc(CCC(=O)Nc3ccc4c(c3)OC(F)(F)O4)n2)cc1. The van der Waals surface area contributed by atoms with Crippen LogP contribution in [0.3, 0.4) is 0 Å². The molecule has 2 heterocycles. The van der Waals surface area contributed by atoms with Gasteiger partial charge in [0.1, 0.15) is 5.75 Å². The third-order valence-corrected chi connectivity index (χ3v) is 4.07. The fraction of sp³-hybridized carbons (Fsp3) is 0.211. The van der Waals surface area contributed by atoms with Crippen LogP contribution in [0.15, 0.2) is 47.0 Å². The van der Waals surface area contributed by atoms with Crippen molar-refractivity contribution in [2.24, 2.45) is 0 Å². The summed E-state index contributed by atoms with van der Waals surface area (Å²) in [6.45, 7) is 0. The number of anilines is 1. The van der Waals surface area contributed by atoms with Crippen LogP contribution in [-0.4, -0.2) is 29.5 Å². The number of benzene rings is 2. The van der Waals surface area contributed by atoms with Gasteiger partial charge in [0.15, 0.2) is 11.5 Å². The number of halogens is 2. The zero-order chi connectivity index (χ0) is 20.4. The van der Waals surface area contributed by atoms with Gasteiger partial charge in [0.05, 0.1) is 7.11 Å². The molecule has 29 heavy (non-hydrogen) atoms. The van der Waals surface area contributed by atoms with E-state index in [1.54, 1.807) is 31.4 Å². The predicted molar refractivity (Wildman–Crippen MR) is 95.9 cm³/mol. The molecular formula is C19H15F2N3O5. The van der Waals surface area contributed by atoms with Gasteiger partial charge in [-0.15, -0.1) is 8.78 Å². The minimum atomic E-state index is -3.70. The Morgan fingerprint density at radius 1 is 1.14 bits per heavy atom. The van der Waals surface area contributed by atoms with Crippen LogP contribution in [0.25, 0.3) is 11.4 Å². The number of ether oxygens (including phenoxy) is 3. The van der Waals surface area contributed by atoms with Crippen molar-refractivity contribution in [3.63, 3.8) is 0 Å². The summed E-state index contributed by atoms with van der Waals surface area (Å²) in [7, 11) is 1.57. The lowest BCUT2D eigenvalue weighted by atomic mass is 10.2. The zero-order valence-electron chi connectivity index (χ0n) is 15.1. The van der Waals surface area contributed by atoms with Crippen molar-refractivity contribution in [3.8, 4) is 28.6 Å². The molecule has 0 saturated heterocycles. The van der Waals surface area contributed by atoms with Crippen LogP contribution in [0, 0.1) is 0 Å². The number of carbonyl (C=O) groups is 1. The molecule has 1 aliphatic rings. The summed E-state index contributed by atoms with van der Waals surface area (Å²) in [5.74, 6) is 0.830. The van der Waals surface area contributed by atoms with Crippen LogP contribution in [0.5, 0.6) is 17.2 Å². The van der Waals surface area contributed by atoms with Gasteiger partial charge in [0.25, 0.3) is 0 Å². The molecule has 0 aliphatic carbocycles. The number of aryl methyl sites for hydroxylation is 1. The lowest BCUT2D eigenvalue weighted by Crippen LogP contribution is -2.25. The number of alkyl halides is 2. The quantitative estimate of drug-likeness (QED) is 0.671. The second-order valence-electron chi connectivity index (χ2n) is 6.12. The van der Waals surface area contributed by atoms with Crippen molar-refractivity contribution in [3.05, 3.63) is 48.4 Å². The summed E-state index contributed by atoms with van der Waals surface area (Å²) in [5.41, 5.74) is 1.06. The maximum Gasteiger partial charge on any atom is 0.586 e. The van der Waals surface area contributed by atoms with Gasteiger partial charge in [-0.1, -0.05) is 5.16 Å². The molecule has 0 fully saturated rings. The zero-order valence-corrected chi connectivity index (χ0v) is 15.1. The second kappa shape index (κ2) is 7.38. The standard InChI is InChI=1S/C19H15F2N3O5/c1-26-13-5-2-11(3-6-13)18-23-17(29-24-18)9-8-16(25)22-12-4-7-14-15(10-12)28-19(20,21)27-14/h2-7,10H,8-9H2,1H3,(H,22,25). The first-order valence-corrected chi connectivity index (χ1v) is 8.58. The molecule has 150 valence electrons. The van der Waals surface area contributed by atoms with Gasteiger partial charge < -0.3 is 24.1 Å². The van der Waals surface area contributed by atoms with Gasteiger partial charge in [0.2, 0.25) is 17.6 Å². The Morgan fingerprint density at radius 2 is 1.90 bits per heavy atom. The molecule has 0 radical (unpaired) electrons. The molecule has 1 N–H and O–H groups in total. The van der Waals surface area contributed by atoms with E-state index >= 15 is 0 Å². The van der Waals surface area contributed by atoms with Crippen molar-refractivity contribution < 1.29 is 32.3 Å². The number of fused-ring (bicyclic) bond motifs is 1. The van der Waals surface area contributed by atoms with Crippen molar-refractivity contribution in [1.82, 2.24) is 10.1 Å². The van der Waals surface area contributed by atoms with Crippen molar-refractivity contribution in [2.75, 3.05) is 12.4 Å². The average molecular weight is 403 g/mol. The molecule has 10 heteroatoms. The summed E-state index contributed by atoms with van der Waals surface area (Å²) in [4.78, 5) is 16.4. The molecule has 4 rings (SSSR count). The predicted octanol–water partition coefficient (Wildman–Crippen LogP) is 3.64. The minimum Gasteiger partial charge on any atom is -0.497 e. The lowest BCUT2D eigenvalue weighted by Gasteiger charge is -2.05. The molecule has 0 bridgehead atoms. The number of aromatic nitrogens is 2. The fourth-order valence-corrected chi connectivity index (χ4v) is 2.68. The molecule has 8 nitrogen and oxygen atoms in total. The Hall–Kier alpha value is -3.69. The van der Waals surface area contributed by atoms with E-state index in [2.05, 4.69) is 24.9 Å². The summed E-state index contributed by atoms with van der Waals surface area (Å²) in [6, 6.07) is 11.1. The number of carbonyl (C=O) groups excluding carboxylic acids is 1.